The Bertz CT molecular complexity index is 1540. The number of benzene rings is 2. The molecule has 1 fully saturated rings. The van der Waals surface area contributed by atoms with Gasteiger partial charge in [0.05, 0.1) is 5.41 Å². The number of aliphatic hydroxyl groups excluding tert-OH is 1. The van der Waals surface area contributed by atoms with Crippen molar-refractivity contribution in [3.05, 3.63) is 88.6 Å². The molecular formula is C31H32F3N5O3. The van der Waals surface area contributed by atoms with Crippen molar-refractivity contribution < 1.29 is 27.9 Å². The second kappa shape index (κ2) is 10.4. The molecule has 0 saturated heterocycles. The van der Waals surface area contributed by atoms with Gasteiger partial charge in [0.2, 0.25) is 11.8 Å². The Labute approximate surface area is 241 Å². The molecule has 1 aliphatic heterocycles. The predicted octanol–water partition coefficient (Wildman–Crippen LogP) is 3.89. The Morgan fingerprint density at radius 3 is 2.52 bits per heavy atom. The SMILES string of the molecule is CNCc1ccccc1CN(CC(=O)Nc1ccc2c(c1)CC1(C2)c2cccnc2NC1O)C(=O)C1(C(F)(F)F)CC1. The molecule has 3 aliphatic rings. The standard InChI is InChI=1S/C31H32F3N5O3/c1-35-16-20-5-2-3-6-21(20)17-39(28(42)30(10-11-30)31(32,33)34)18-25(40)37-23-9-8-19-14-29(15-22(19)13-23)24-7-4-12-36-26(24)38-27(29)41/h2-9,12-13,27,35,41H,10-11,14-18H2,1H3,(H,36,38)(H,37,40). The first-order chi connectivity index (χ1) is 20.1. The van der Waals surface area contributed by atoms with Crippen LogP contribution in [0.3, 0.4) is 0 Å². The number of carbonyl (C=O) groups excluding carboxylic acids is 2. The largest absolute Gasteiger partial charge is 0.403 e. The van der Waals surface area contributed by atoms with Gasteiger partial charge in [-0.25, -0.2) is 4.98 Å². The predicted molar refractivity (Wildman–Crippen MR) is 150 cm³/mol. The Morgan fingerprint density at radius 1 is 1.07 bits per heavy atom. The molecule has 4 N–H and O–H groups in total. The van der Waals surface area contributed by atoms with Crippen molar-refractivity contribution in [2.75, 3.05) is 24.2 Å². The van der Waals surface area contributed by atoms with Gasteiger partial charge in [0, 0.05) is 30.5 Å². The number of carbonyl (C=O) groups is 2. The summed E-state index contributed by atoms with van der Waals surface area (Å²) in [5.74, 6) is -1.01. The third-order valence-corrected chi connectivity index (χ3v) is 8.81. The van der Waals surface area contributed by atoms with Gasteiger partial charge >= 0.3 is 6.18 Å². The molecule has 1 saturated carbocycles. The maximum Gasteiger partial charge on any atom is 0.403 e. The van der Waals surface area contributed by atoms with E-state index < -0.39 is 41.6 Å². The number of aromatic nitrogens is 1. The second-order valence-corrected chi connectivity index (χ2v) is 11.5. The number of hydrogen-bond acceptors (Lipinski definition) is 6. The molecule has 220 valence electrons. The fourth-order valence-electron chi connectivity index (χ4n) is 6.40. The van der Waals surface area contributed by atoms with Gasteiger partial charge < -0.3 is 26.0 Å². The van der Waals surface area contributed by atoms with Crippen molar-refractivity contribution in [3.63, 3.8) is 0 Å². The van der Waals surface area contributed by atoms with Gasteiger partial charge in [-0.15, -0.1) is 0 Å². The topological polar surface area (TPSA) is 107 Å². The van der Waals surface area contributed by atoms with Gasteiger partial charge in [-0.3, -0.25) is 9.59 Å². The maximum atomic E-state index is 13.9. The lowest BCUT2D eigenvalue weighted by Crippen LogP contribution is -2.46. The van der Waals surface area contributed by atoms with E-state index in [1.54, 1.807) is 31.4 Å². The van der Waals surface area contributed by atoms with Gasteiger partial charge in [-0.2, -0.15) is 13.2 Å². The normalized spacial score (nSPS) is 21.4. The van der Waals surface area contributed by atoms with Crippen LogP contribution in [0, 0.1) is 5.41 Å². The number of anilines is 2. The lowest BCUT2D eigenvalue weighted by Gasteiger charge is -2.29. The fourth-order valence-corrected chi connectivity index (χ4v) is 6.40. The fraction of sp³-hybridized carbons (Fsp3) is 0.387. The minimum absolute atomic E-state index is 0.118. The Balaban J connectivity index is 1.21. The molecule has 6 rings (SSSR count). The number of rotatable bonds is 8. The highest BCUT2D eigenvalue weighted by atomic mass is 19.4. The third kappa shape index (κ3) is 4.80. The van der Waals surface area contributed by atoms with Crippen LogP contribution >= 0.6 is 0 Å². The molecule has 8 nitrogen and oxygen atoms in total. The summed E-state index contributed by atoms with van der Waals surface area (Å²) in [6, 6.07) is 16.4. The minimum Gasteiger partial charge on any atom is -0.373 e. The van der Waals surface area contributed by atoms with Crippen molar-refractivity contribution in [1.82, 2.24) is 15.2 Å². The number of halogens is 3. The van der Waals surface area contributed by atoms with E-state index in [4.69, 9.17) is 0 Å². The van der Waals surface area contributed by atoms with E-state index in [0.717, 1.165) is 27.2 Å². The van der Waals surface area contributed by atoms with E-state index in [1.807, 2.05) is 36.4 Å². The molecule has 2 aromatic carbocycles. The number of alkyl halides is 3. The lowest BCUT2D eigenvalue weighted by molar-refractivity contribution is -0.199. The van der Waals surface area contributed by atoms with Gasteiger partial charge in [0.15, 0.2) is 0 Å². The van der Waals surface area contributed by atoms with Crippen molar-refractivity contribution >= 4 is 23.3 Å². The van der Waals surface area contributed by atoms with Crippen LogP contribution < -0.4 is 16.0 Å². The molecular weight excluding hydrogens is 547 g/mol. The molecule has 2 aliphatic carbocycles. The van der Waals surface area contributed by atoms with Crippen molar-refractivity contribution in [1.29, 1.82) is 0 Å². The summed E-state index contributed by atoms with van der Waals surface area (Å²) in [7, 11) is 1.76. The van der Waals surface area contributed by atoms with E-state index in [9.17, 15) is 27.9 Å². The van der Waals surface area contributed by atoms with Crippen LogP contribution in [0.1, 0.15) is 40.7 Å². The molecule has 2 amide bonds. The van der Waals surface area contributed by atoms with Gasteiger partial charge in [-0.05, 0) is 73.2 Å². The number of fused-ring (bicyclic) bond motifs is 3. The quantitative estimate of drug-likeness (QED) is 0.323. The Hall–Kier alpha value is -3.96. The first-order valence-electron chi connectivity index (χ1n) is 14.0. The van der Waals surface area contributed by atoms with Crippen LogP contribution in [0.25, 0.3) is 0 Å². The van der Waals surface area contributed by atoms with E-state index in [0.29, 0.717) is 36.5 Å². The Kier molecular flexibility index (Phi) is 6.97. The number of amides is 2. The van der Waals surface area contributed by atoms with Crippen LogP contribution in [0.4, 0.5) is 24.7 Å². The molecule has 0 radical (unpaired) electrons. The van der Waals surface area contributed by atoms with Gasteiger partial charge in [-0.1, -0.05) is 36.4 Å². The molecule has 42 heavy (non-hydrogen) atoms. The highest BCUT2D eigenvalue weighted by Gasteiger charge is 2.69. The zero-order valence-corrected chi connectivity index (χ0v) is 23.1. The third-order valence-electron chi connectivity index (χ3n) is 8.81. The van der Waals surface area contributed by atoms with Crippen molar-refractivity contribution in [2.24, 2.45) is 5.41 Å². The maximum absolute atomic E-state index is 13.9. The highest BCUT2D eigenvalue weighted by molar-refractivity contribution is 5.96. The van der Waals surface area contributed by atoms with Crippen LogP contribution in [-0.2, 0) is 40.9 Å². The highest BCUT2D eigenvalue weighted by Crippen LogP contribution is 2.58. The van der Waals surface area contributed by atoms with E-state index in [2.05, 4.69) is 20.9 Å². The number of nitrogens with one attached hydrogen (secondary N) is 3. The van der Waals surface area contributed by atoms with E-state index in [-0.39, 0.29) is 19.4 Å². The zero-order valence-electron chi connectivity index (χ0n) is 23.1. The number of pyridine rings is 1. The first-order valence-corrected chi connectivity index (χ1v) is 14.0. The number of aliphatic hydroxyl groups is 1. The summed E-state index contributed by atoms with van der Waals surface area (Å²) in [5, 5.41) is 19.8. The van der Waals surface area contributed by atoms with Crippen LogP contribution in [-0.4, -0.2) is 52.8 Å². The summed E-state index contributed by atoms with van der Waals surface area (Å²) in [5.41, 5.74) is 1.89. The Morgan fingerprint density at radius 2 is 1.81 bits per heavy atom. The molecule has 1 aromatic heterocycles. The molecule has 3 aromatic rings. The summed E-state index contributed by atoms with van der Waals surface area (Å²) in [4.78, 5) is 31.9. The molecule has 1 spiro atoms. The summed E-state index contributed by atoms with van der Waals surface area (Å²) >= 11 is 0. The minimum atomic E-state index is -4.69. The van der Waals surface area contributed by atoms with Gasteiger partial charge in [0.1, 0.15) is 24.0 Å². The van der Waals surface area contributed by atoms with Crippen molar-refractivity contribution in [3.8, 4) is 0 Å². The molecule has 2 unspecified atom stereocenters. The molecule has 11 heteroatoms. The number of hydrogen-bond donors (Lipinski definition) is 4. The zero-order chi connectivity index (χ0) is 29.7. The van der Waals surface area contributed by atoms with Crippen molar-refractivity contribution in [2.45, 2.75) is 56.6 Å². The summed E-state index contributed by atoms with van der Waals surface area (Å²) < 4.78 is 41.8. The summed E-state index contributed by atoms with van der Waals surface area (Å²) in [6.45, 7) is -0.170. The molecule has 0 bridgehead atoms. The van der Waals surface area contributed by atoms with E-state index >= 15 is 0 Å². The summed E-state index contributed by atoms with van der Waals surface area (Å²) in [6.07, 6.45) is -3.28. The lowest BCUT2D eigenvalue weighted by atomic mass is 9.79. The van der Waals surface area contributed by atoms with Crippen LogP contribution in [0.2, 0.25) is 0 Å². The average Bonchev–Trinajstić information content (AvgIpc) is 3.63. The first kappa shape index (κ1) is 28.2. The number of nitrogens with zero attached hydrogens (tertiary/aromatic N) is 2. The van der Waals surface area contributed by atoms with Crippen LogP contribution in [0.15, 0.2) is 60.8 Å². The monoisotopic (exact) mass is 579 g/mol. The smallest absolute Gasteiger partial charge is 0.373 e. The second-order valence-electron chi connectivity index (χ2n) is 11.5. The van der Waals surface area contributed by atoms with Crippen LogP contribution in [0.5, 0.6) is 0 Å². The molecule has 2 atom stereocenters. The van der Waals surface area contributed by atoms with Gasteiger partial charge in [0.25, 0.3) is 0 Å². The molecule has 2 heterocycles. The van der Waals surface area contributed by atoms with E-state index in [1.165, 1.54) is 0 Å². The average molecular weight is 580 g/mol.